The standard InChI is InChI=1S/C31H31F3N6O2S/c1-5-26(36-29(41)37-30-39(14-15-43-30)27-20(3)16-19(2)17-21(27)4)22-6-8-23(9-7-22)28-35-18-40(38-28)24-10-12-25(13-11-24)42-31(32,33)34/h6-13,16-18,26H,5,14-15H2,1-4H3,(H,36,41). The summed E-state index contributed by atoms with van der Waals surface area (Å²) < 4.78 is 42.7. The highest BCUT2D eigenvalue weighted by Gasteiger charge is 2.31. The molecule has 1 N–H and O–H groups in total. The van der Waals surface area contributed by atoms with Crippen molar-refractivity contribution < 1.29 is 22.7 Å². The Morgan fingerprint density at radius 2 is 1.74 bits per heavy atom. The number of ether oxygens (including phenoxy) is 1. The van der Waals surface area contributed by atoms with Crippen molar-refractivity contribution in [2.75, 3.05) is 17.2 Å². The Morgan fingerprint density at radius 3 is 2.37 bits per heavy atom. The van der Waals surface area contributed by atoms with Crippen molar-refractivity contribution in [1.82, 2.24) is 20.1 Å². The lowest BCUT2D eigenvalue weighted by molar-refractivity contribution is -0.274. The first-order chi connectivity index (χ1) is 20.5. The third-order valence-electron chi connectivity index (χ3n) is 6.98. The van der Waals surface area contributed by atoms with Crippen LogP contribution in [0.4, 0.5) is 23.7 Å². The number of benzene rings is 3. The Labute approximate surface area is 252 Å². The minimum atomic E-state index is -4.75. The predicted octanol–water partition coefficient (Wildman–Crippen LogP) is 7.53. The number of aromatic nitrogens is 3. The van der Waals surface area contributed by atoms with Crippen molar-refractivity contribution in [3.05, 3.63) is 89.2 Å². The molecule has 2 heterocycles. The monoisotopic (exact) mass is 608 g/mol. The minimum absolute atomic E-state index is 0.239. The molecule has 1 aliphatic heterocycles. The maximum absolute atomic E-state index is 13.0. The Balaban J connectivity index is 1.26. The van der Waals surface area contributed by atoms with E-state index in [0.29, 0.717) is 23.1 Å². The highest BCUT2D eigenvalue weighted by molar-refractivity contribution is 8.14. The Hall–Kier alpha value is -4.32. The van der Waals surface area contributed by atoms with Gasteiger partial charge in [-0.3, -0.25) is 0 Å². The van der Waals surface area contributed by atoms with E-state index in [1.165, 1.54) is 40.8 Å². The number of aryl methyl sites for hydroxylation is 3. The summed E-state index contributed by atoms with van der Waals surface area (Å²) >= 11 is 1.58. The van der Waals surface area contributed by atoms with Crippen molar-refractivity contribution in [2.45, 2.75) is 46.5 Å². The van der Waals surface area contributed by atoms with Crippen LogP contribution in [0.1, 0.15) is 41.6 Å². The lowest BCUT2D eigenvalue weighted by Crippen LogP contribution is -2.30. The smallest absolute Gasteiger partial charge is 0.406 e. The lowest BCUT2D eigenvalue weighted by atomic mass is 10.0. The molecule has 3 aromatic carbocycles. The van der Waals surface area contributed by atoms with E-state index in [1.54, 1.807) is 11.8 Å². The van der Waals surface area contributed by atoms with E-state index in [4.69, 9.17) is 0 Å². The highest BCUT2D eigenvalue weighted by Crippen LogP contribution is 2.32. The van der Waals surface area contributed by atoms with E-state index in [2.05, 4.69) is 62.9 Å². The number of carbonyl (C=O) groups is 1. The summed E-state index contributed by atoms with van der Waals surface area (Å²) in [5, 5.41) is 8.19. The van der Waals surface area contributed by atoms with E-state index in [9.17, 15) is 18.0 Å². The third kappa shape index (κ3) is 7.19. The summed E-state index contributed by atoms with van der Waals surface area (Å²) in [6.07, 6.45) is -2.59. The average molecular weight is 609 g/mol. The summed E-state index contributed by atoms with van der Waals surface area (Å²) in [4.78, 5) is 23.9. The lowest BCUT2D eigenvalue weighted by Gasteiger charge is -2.23. The van der Waals surface area contributed by atoms with Gasteiger partial charge in [0.15, 0.2) is 11.0 Å². The molecule has 0 aliphatic carbocycles. The number of aliphatic imine (C=N–C) groups is 1. The molecular formula is C31H31F3N6O2S. The fraction of sp³-hybridized carbons (Fsp3) is 0.290. The van der Waals surface area contributed by atoms with Gasteiger partial charge in [0, 0.05) is 23.5 Å². The van der Waals surface area contributed by atoms with Gasteiger partial charge in [0.25, 0.3) is 0 Å². The number of hydrogen-bond donors (Lipinski definition) is 1. The SMILES string of the molecule is CCC(NC(=O)N=C1SCCN1c1c(C)cc(C)cc1C)c1ccc(-c2ncn(-c3ccc(OC(F)(F)F)cc3)n2)cc1. The minimum Gasteiger partial charge on any atom is -0.406 e. The van der Waals surface area contributed by atoms with E-state index in [-0.39, 0.29) is 17.8 Å². The van der Waals surface area contributed by atoms with Crippen molar-refractivity contribution in [1.29, 1.82) is 0 Å². The van der Waals surface area contributed by atoms with Gasteiger partial charge >= 0.3 is 12.4 Å². The number of alkyl halides is 3. The first-order valence-corrected chi connectivity index (χ1v) is 14.7. The number of anilines is 1. The van der Waals surface area contributed by atoms with Crippen molar-refractivity contribution in [2.24, 2.45) is 4.99 Å². The van der Waals surface area contributed by atoms with Gasteiger partial charge in [-0.25, -0.2) is 14.5 Å². The molecule has 12 heteroatoms. The number of rotatable bonds is 7. The Bertz CT molecular complexity index is 1610. The molecular weight excluding hydrogens is 577 g/mol. The second-order valence-corrected chi connectivity index (χ2v) is 11.3. The quantitative estimate of drug-likeness (QED) is 0.234. The summed E-state index contributed by atoms with van der Waals surface area (Å²) in [6, 6.07) is 16.6. The Morgan fingerprint density at radius 1 is 1.07 bits per heavy atom. The number of nitrogens with zero attached hydrogens (tertiary/aromatic N) is 5. The molecule has 5 rings (SSSR count). The predicted molar refractivity (Wildman–Crippen MR) is 163 cm³/mol. The fourth-order valence-corrected chi connectivity index (χ4v) is 6.12. The van der Waals surface area contributed by atoms with Crippen molar-refractivity contribution >= 4 is 28.6 Å². The number of amidine groups is 1. The van der Waals surface area contributed by atoms with E-state index in [1.807, 2.05) is 31.2 Å². The number of urea groups is 1. The molecule has 43 heavy (non-hydrogen) atoms. The average Bonchev–Trinajstić information content (AvgIpc) is 3.61. The molecule has 1 saturated heterocycles. The molecule has 2 amide bonds. The van der Waals surface area contributed by atoms with Gasteiger partial charge in [-0.2, -0.15) is 4.99 Å². The molecule has 0 spiro atoms. The van der Waals surface area contributed by atoms with E-state index < -0.39 is 6.36 Å². The molecule has 4 aromatic rings. The molecule has 0 radical (unpaired) electrons. The van der Waals surface area contributed by atoms with Crippen LogP contribution in [-0.2, 0) is 0 Å². The molecule has 1 aromatic heterocycles. The third-order valence-corrected chi connectivity index (χ3v) is 7.94. The van der Waals surface area contributed by atoms with Crippen LogP contribution in [-0.4, -0.2) is 44.6 Å². The zero-order valence-electron chi connectivity index (χ0n) is 24.1. The van der Waals surface area contributed by atoms with Gasteiger partial charge in [-0.15, -0.1) is 18.3 Å². The second-order valence-electron chi connectivity index (χ2n) is 10.2. The number of hydrogen-bond acceptors (Lipinski definition) is 5. The van der Waals surface area contributed by atoms with E-state index in [0.717, 1.165) is 40.2 Å². The summed E-state index contributed by atoms with van der Waals surface area (Å²) in [6.45, 7) is 9.04. The molecule has 1 aliphatic rings. The first-order valence-electron chi connectivity index (χ1n) is 13.8. The normalized spacial score (nSPS) is 15.1. The first kappa shape index (κ1) is 30.1. The summed E-state index contributed by atoms with van der Waals surface area (Å²) in [5.41, 5.74) is 6.83. The van der Waals surface area contributed by atoms with Crippen LogP contribution in [0.2, 0.25) is 0 Å². The van der Waals surface area contributed by atoms with Crippen LogP contribution in [0.25, 0.3) is 17.1 Å². The van der Waals surface area contributed by atoms with Crippen molar-refractivity contribution in [3.8, 4) is 22.8 Å². The van der Waals surface area contributed by atoms with Gasteiger partial charge < -0.3 is 15.0 Å². The van der Waals surface area contributed by atoms with Crippen LogP contribution in [0, 0.1) is 20.8 Å². The molecule has 224 valence electrons. The zero-order valence-corrected chi connectivity index (χ0v) is 25.0. The highest BCUT2D eigenvalue weighted by atomic mass is 32.2. The maximum Gasteiger partial charge on any atom is 0.573 e. The number of nitrogens with one attached hydrogen (secondary N) is 1. The summed E-state index contributed by atoms with van der Waals surface area (Å²) in [7, 11) is 0. The maximum atomic E-state index is 13.0. The molecule has 8 nitrogen and oxygen atoms in total. The second kappa shape index (κ2) is 12.5. The number of carbonyl (C=O) groups excluding carboxylic acids is 1. The van der Waals surface area contributed by atoms with Crippen LogP contribution < -0.4 is 15.0 Å². The van der Waals surface area contributed by atoms with Gasteiger partial charge in [0.05, 0.1) is 11.7 Å². The van der Waals surface area contributed by atoms with Gasteiger partial charge in [0.2, 0.25) is 0 Å². The van der Waals surface area contributed by atoms with Gasteiger partial charge in [-0.05, 0) is 68.1 Å². The zero-order chi connectivity index (χ0) is 30.7. The van der Waals surface area contributed by atoms with Crippen LogP contribution in [0.15, 0.2) is 72.0 Å². The van der Waals surface area contributed by atoms with Crippen LogP contribution in [0.3, 0.4) is 0 Å². The topological polar surface area (TPSA) is 84.6 Å². The number of halogens is 3. The molecule has 0 bridgehead atoms. The molecule has 1 unspecified atom stereocenters. The van der Waals surface area contributed by atoms with Crippen LogP contribution >= 0.6 is 11.8 Å². The van der Waals surface area contributed by atoms with Gasteiger partial charge in [0.1, 0.15) is 12.1 Å². The molecule has 1 fully saturated rings. The largest absolute Gasteiger partial charge is 0.573 e. The molecule has 1 atom stereocenters. The van der Waals surface area contributed by atoms with Crippen molar-refractivity contribution in [3.63, 3.8) is 0 Å². The summed E-state index contributed by atoms with van der Waals surface area (Å²) in [5.74, 6) is 0.997. The number of thioether (sulfide) groups is 1. The van der Waals surface area contributed by atoms with E-state index >= 15 is 0 Å². The van der Waals surface area contributed by atoms with Gasteiger partial charge in [-0.1, -0.05) is 60.6 Å². The molecule has 0 saturated carbocycles. The number of amides is 2. The fourth-order valence-electron chi connectivity index (χ4n) is 5.17. The Kier molecular flexibility index (Phi) is 8.77. The van der Waals surface area contributed by atoms with Crippen LogP contribution in [0.5, 0.6) is 5.75 Å².